The monoisotopic (exact) mass is 497 g/mol. The maximum atomic E-state index is 12.4. The summed E-state index contributed by atoms with van der Waals surface area (Å²) in [6.07, 6.45) is 0.991. The Morgan fingerprint density at radius 1 is 1.14 bits per heavy atom. The number of carbonyl (C=O) groups is 2. The maximum absolute atomic E-state index is 12.4. The molecule has 0 radical (unpaired) electrons. The minimum Gasteiger partial charge on any atom is -0.508 e. The van der Waals surface area contributed by atoms with Gasteiger partial charge in [-0.2, -0.15) is 0 Å². The normalized spacial score (nSPS) is 11.7. The Balaban J connectivity index is 2.01. The van der Waals surface area contributed by atoms with Crippen molar-refractivity contribution in [2.75, 3.05) is 6.61 Å². The lowest BCUT2D eigenvalue weighted by Crippen LogP contribution is -2.43. The first-order valence-corrected chi connectivity index (χ1v) is 10.1. The third-order valence-electron chi connectivity index (χ3n) is 4.24. The molecule has 0 aliphatic rings. The Morgan fingerprint density at radius 2 is 1.82 bits per heavy atom. The number of phenols is 2. The third kappa shape index (κ3) is 6.40. The first kappa shape index (κ1) is 22.0. The van der Waals surface area contributed by atoms with Gasteiger partial charge in [0, 0.05) is 12.8 Å². The van der Waals surface area contributed by atoms with Gasteiger partial charge in [0.2, 0.25) is 5.91 Å². The molecule has 1 unspecified atom stereocenters. The number of halogens is 1. The first-order chi connectivity index (χ1) is 13.3. The Hall–Kier alpha value is -2.29. The zero-order valence-corrected chi connectivity index (χ0v) is 18.0. The SMILES string of the molecule is CCOC(=O)C(Cc1ccc(O)cc1)NC(=O)CCc1cc(C)c(O)c(I)c1. The van der Waals surface area contributed by atoms with Gasteiger partial charge in [0.05, 0.1) is 10.2 Å². The Labute approximate surface area is 178 Å². The average Bonchev–Trinajstić information content (AvgIpc) is 2.65. The summed E-state index contributed by atoms with van der Waals surface area (Å²) < 4.78 is 5.82. The molecule has 0 aromatic heterocycles. The van der Waals surface area contributed by atoms with Gasteiger partial charge in [-0.15, -0.1) is 0 Å². The van der Waals surface area contributed by atoms with Gasteiger partial charge in [-0.1, -0.05) is 18.2 Å². The highest BCUT2D eigenvalue weighted by Gasteiger charge is 2.22. The topological polar surface area (TPSA) is 95.9 Å². The zero-order chi connectivity index (χ0) is 20.7. The van der Waals surface area contributed by atoms with Crippen LogP contribution in [-0.2, 0) is 27.2 Å². The number of hydrogen-bond donors (Lipinski definition) is 3. The molecule has 7 heteroatoms. The summed E-state index contributed by atoms with van der Waals surface area (Å²) in [5.74, 6) is -0.346. The van der Waals surface area contributed by atoms with Crippen molar-refractivity contribution < 1.29 is 24.5 Å². The largest absolute Gasteiger partial charge is 0.508 e. The Morgan fingerprint density at radius 3 is 2.43 bits per heavy atom. The molecule has 0 aliphatic heterocycles. The van der Waals surface area contributed by atoms with Crippen LogP contribution in [0.5, 0.6) is 11.5 Å². The molecule has 3 N–H and O–H groups in total. The predicted octanol–water partition coefficient (Wildman–Crippen LogP) is 3.23. The van der Waals surface area contributed by atoms with Gasteiger partial charge in [0.1, 0.15) is 17.5 Å². The summed E-state index contributed by atoms with van der Waals surface area (Å²) in [4.78, 5) is 24.6. The number of benzene rings is 2. The average molecular weight is 497 g/mol. The quantitative estimate of drug-likeness (QED) is 0.385. The second-order valence-electron chi connectivity index (χ2n) is 6.49. The van der Waals surface area contributed by atoms with E-state index in [0.29, 0.717) is 6.42 Å². The molecule has 0 aliphatic carbocycles. The lowest BCUT2D eigenvalue weighted by atomic mass is 10.0. The van der Waals surface area contributed by atoms with E-state index in [2.05, 4.69) is 27.9 Å². The van der Waals surface area contributed by atoms with Gasteiger partial charge in [-0.05, 0) is 77.7 Å². The van der Waals surface area contributed by atoms with Crippen molar-refractivity contribution in [3.8, 4) is 11.5 Å². The van der Waals surface area contributed by atoms with Crippen LogP contribution in [-0.4, -0.2) is 34.7 Å². The van der Waals surface area contributed by atoms with Crippen molar-refractivity contribution in [3.63, 3.8) is 0 Å². The van der Waals surface area contributed by atoms with Gasteiger partial charge < -0.3 is 20.3 Å². The van der Waals surface area contributed by atoms with Crippen LogP contribution in [0.15, 0.2) is 36.4 Å². The first-order valence-electron chi connectivity index (χ1n) is 9.02. The lowest BCUT2D eigenvalue weighted by molar-refractivity contribution is -0.147. The number of carbonyl (C=O) groups excluding carboxylic acids is 2. The van der Waals surface area contributed by atoms with Crippen molar-refractivity contribution in [1.29, 1.82) is 0 Å². The number of rotatable bonds is 8. The highest BCUT2D eigenvalue weighted by molar-refractivity contribution is 14.1. The molecule has 6 nitrogen and oxygen atoms in total. The lowest BCUT2D eigenvalue weighted by Gasteiger charge is -2.17. The zero-order valence-electron chi connectivity index (χ0n) is 15.9. The van der Waals surface area contributed by atoms with E-state index in [-0.39, 0.29) is 36.9 Å². The third-order valence-corrected chi connectivity index (χ3v) is 5.06. The van der Waals surface area contributed by atoms with E-state index in [1.807, 2.05) is 19.1 Å². The molecule has 1 amide bonds. The van der Waals surface area contributed by atoms with E-state index in [1.54, 1.807) is 19.1 Å². The fourth-order valence-corrected chi connectivity index (χ4v) is 3.61. The van der Waals surface area contributed by atoms with Crippen LogP contribution in [0.3, 0.4) is 0 Å². The summed E-state index contributed by atoms with van der Waals surface area (Å²) >= 11 is 2.06. The number of amides is 1. The minimum atomic E-state index is -0.793. The number of esters is 1. The van der Waals surface area contributed by atoms with Gasteiger partial charge in [-0.25, -0.2) is 4.79 Å². The smallest absolute Gasteiger partial charge is 0.328 e. The number of aromatic hydroxyl groups is 2. The second kappa shape index (κ2) is 10.3. The second-order valence-corrected chi connectivity index (χ2v) is 7.65. The van der Waals surface area contributed by atoms with Gasteiger partial charge in [-0.3, -0.25) is 4.79 Å². The summed E-state index contributed by atoms with van der Waals surface area (Å²) in [6, 6.07) is 9.38. The number of phenolic OH excluding ortho intramolecular Hbond substituents is 2. The molecule has 1 atom stereocenters. The van der Waals surface area contributed by atoms with Gasteiger partial charge in [0.15, 0.2) is 0 Å². The Bertz CT molecular complexity index is 812. The molecule has 2 aromatic rings. The molecule has 28 heavy (non-hydrogen) atoms. The fraction of sp³-hybridized carbons (Fsp3) is 0.333. The summed E-state index contributed by atoms with van der Waals surface area (Å²) in [7, 11) is 0. The molecule has 150 valence electrons. The maximum Gasteiger partial charge on any atom is 0.328 e. The molecule has 0 saturated carbocycles. The van der Waals surface area contributed by atoms with Crippen LogP contribution in [0.4, 0.5) is 0 Å². The van der Waals surface area contributed by atoms with E-state index in [0.717, 1.165) is 20.3 Å². The van der Waals surface area contributed by atoms with Crippen LogP contribution >= 0.6 is 22.6 Å². The van der Waals surface area contributed by atoms with E-state index in [9.17, 15) is 19.8 Å². The van der Waals surface area contributed by atoms with Crippen LogP contribution in [0.1, 0.15) is 30.0 Å². The van der Waals surface area contributed by atoms with Crippen molar-refractivity contribution >= 4 is 34.5 Å². The predicted molar refractivity (Wildman–Crippen MR) is 114 cm³/mol. The molecule has 2 rings (SSSR count). The summed E-state index contributed by atoms with van der Waals surface area (Å²) in [5, 5.41) is 22.0. The van der Waals surface area contributed by atoms with Crippen LogP contribution in [0, 0.1) is 10.5 Å². The van der Waals surface area contributed by atoms with Crippen LogP contribution < -0.4 is 5.32 Å². The number of ether oxygens (including phenoxy) is 1. The molecule has 0 spiro atoms. The molecule has 0 saturated heterocycles. The standard InChI is InChI=1S/C21H24INO5/c1-3-28-21(27)18(12-14-4-7-16(24)8-5-14)23-19(25)9-6-15-10-13(2)20(26)17(22)11-15/h4-5,7-8,10-11,18,24,26H,3,6,9,12H2,1-2H3,(H,23,25). The molecule has 2 aromatic carbocycles. The van der Waals surface area contributed by atoms with Crippen molar-refractivity contribution in [2.24, 2.45) is 0 Å². The van der Waals surface area contributed by atoms with Gasteiger partial charge in [0.25, 0.3) is 0 Å². The van der Waals surface area contributed by atoms with Gasteiger partial charge >= 0.3 is 5.97 Å². The molecule has 0 fully saturated rings. The van der Waals surface area contributed by atoms with E-state index < -0.39 is 12.0 Å². The number of aryl methyl sites for hydroxylation is 2. The molecule has 0 heterocycles. The number of nitrogens with one attached hydrogen (secondary N) is 1. The van der Waals surface area contributed by atoms with Crippen LogP contribution in [0.25, 0.3) is 0 Å². The van der Waals surface area contributed by atoms with Crippen LogP contribution in [0.2, 0.25) is 0 Å². The molecular weight excluding hydrogens is 473 g/mol. The van der Waals surface area contributed by atoms with E-state index >= 15 is 0 Å². The summed E-state index contributed by atoms with van der Waals surface area (Å²) in [5.41, 5.74) is 2.51. The molecule has 0 bridgehead atoms. The highest BCUT2D eigenvalue weighted by atomic mass is 127. The minimum absolute atomic E-state index is 0.138. The van der Waals surface area contributed by atoms with Crippen molar-refractivity contribution in [3.05, 3.63) is 56.7 Å². The Kier molecular flexibility index (Phi) is 8.10. The number of hydrogen-bond acceptors (Lipinski definition) is 5. The fourth-order valence-electron chi connectivity index (χ4n) is 2.78. The van der Waals surface area contributed by atoms with Crippen molar-refractivity contribution in [2.45, 2.75) is 39.2 Å². The van der Waals surface area contributed by atoms with Crippen molar-refractivity contribution in [1.82, 2.24) is 5.32 Å². The van der Waals surface area contributed by atoms with E-state index in [4.69, 9.17) is 4.74 Å². The highest BCUT2D eigenvalue weighted by Crippen LogP contribution is 2.25. The summed E-state index contributed by atoms with van der Waals surface area (Å²) in [6.45, 7) is 3.76. The van der Waals surface area contributed by atoms with E-state index in [1.165, 1.54) is 12.1 Å². The molecular formula is C21H24INO5.